The van der Waals surface area contributed by atoms with Gasteiger partial charge in [-0.15, -0.1) is 0 Å². The summed E-state index contributed by atoms with van der Waals surface area (Å²) in [4.78, 5) is 25.3. The van der Waals surface area contributed by atoms with Crippen molar-refractivity contribution in [3.05, 3.63) is 30.1 Å². The van der Waals surface area contributed by atoms with E-state index in [-0.39, 0.29) is 23.5 Å². The third-order valence-electron chi connectivity index (χ3n) is 3.96. The van der Waals surface area contributed by atoms with Gasteiger partial charge in [0.15, 0.2) is 17.7 Å². The Bertz CT molecular complexity index is 542. The van der Waals surface area contributed by atoms with Crippen LogP contribution in [0.2, 0.25) is 0 Å². The van der Waals surface area contributed by atoms with E-state index in [4.69, 9.17) is 10.5 Å². The normalized spacial score (nSPS) is 17.1. The van der Waals surface area contributed by atoms with Gasteiger partial charge in [-0.05, 0) is 31.4 Å². The molecule has 1 aliphatic heterocycles. The van der Waals surface area contributed by atoms with E-state index >= 15 is 0 Å². The summed E-state index contributed by atoms with van der Waals surface area (Å²) in [6, 6.07) is 6.03. The van der Waals surface area contributed by atoms with Crippen LogP contribution >= 0.6 is 0 Å². The molecule has 6 heteroatoms. The maximum Gasteiger partial charge on any atom is 0.263 e. The van der Waals surface area contributed by atoms with Crippen molar-refractivity contribution in [2.45, 2.75) is 32.3 Å². The summed E-state index contributed by atoms with van der Waals surface area (Å²) in [5.74, 6) is -1.07. The first-order valence-electron chi connectivity index (χ1n) is 7.52. The molecule has 1 heterocycles. The van der Waals surface area contributed by atoms with E-state index in [1.807, 2.05) is 6.92 Å². The van der Waals surface area contributed by atoms with Crippen LogP contribution in [0.15, 0.2) is 24.3 Å². The Morgan fingerprint density at radius 2 is 2.00 bits per heavy atom. The van der Waals surface area contributed by atoms with Crippen molar-refractivity contribution < 1.29 is 18.7 Å². The van der Waals surface area contributed by atoms with Crippen molar-refractivity contribution in [3.8, 4) is 5.75 Å². The quantitative estimate of drug-likeness (QED) is 0.900. The predicted molar refractivity (Wildman–Crippen MR) is 79.6 cm³/mol. The second-order valence-electron chi connectivity index (χ2n) is 5.45. The molecule has 5 nitrogen and oxygen atoms in total. The molecule has 1 aromatic rings. The molecular weight excluding hydrogens is 287 g/mol. The monoisotopic (exact) mass is 308 g/mol. The van der Waals surface area contributed by atoms with Crippen LogP contribution in [0.3, 0.4) is 0 Å². The number of rotatable bonds is 5. The molecule has 1 aliphatic rings. The number of hydrogen-bond donors (Lipinski definition) is 1. The summed E-state index contributed by atoms with van der Waals surface area (Å²) < 4.78 is 19.2. The average Bonchev–Trinajstić information content (AvgIpc) is 2.53. The molecule has 22 heavy (non-hydrogen) atoms. The van der Waals surface area contributed by atoms with E-state index in [1.54, 1.807) is 17.0 Å². The number of ether oxygens (including phenoxy) is 1. The number of nitrogens with two attached hydrogens (primary N) is 1. The van der Waals surface area contributed by atoms with Gasteiger partial charge in [0.05, 0.1) is 0 Å². The van der Waals surface area contributed by atoms with Crippen LogP contribution in [-0.4, -0.2) is 35.9 Å². The van der Waals surface area contributed by atoms with Gasteiger partial charge in [-0.3, -0.25) is 9.59 Å². The number of carbonyl (C=O) groups is 2. The standard InChI is InChI=1S/C16H21FN2O3/c1-2-13(22-14-6-4-3-5-12(14)17)16(21)19-9-7-11(8-10-19)15(18)20/h3-6,11,13H,2,7-10H2,1H3,(H2,18,20)/t13-/m0/s1. The van der Waals surface area contributed by atoms with Gasteiger partial charge in [-0.1, -0.05) is 19.1 Å². The Hall–Kier alpha value is -2.11. The number of primary amides is 1. The van der Waals surface area contributed by atoms with Gasteiger partial charge < -0.3 is 15.4 Å². The van der Waals surface area contributed by atoms with E-state index < -0.39 is 11.9 Å². The highest BCUT2D eigenvalue weighted by Gasteiger charge is 2.30. The molecule has 0 saturated carbocycles. The zero-order valence-corrected chi connectivity index (χ0v) is 12.6. The fourth-order valence-electron chi connectivity index (χ4n) is 2.59. The zero-order valence-electron chi connectivity index (χ0n) is 12.6. The molecule has 120 valence electrons. The fourth-order valence-corrected chi connectivity index (χ4v) is 2.59. The molecule has 2 N–H and O–H groups in total. The summed E-state index contributed by atoms with van der Waals surface area (Å²) >= 11 is 0. The third-order valence-corrected chi connectivity index (χ3v) is 3.96. The maximum absolute atomic E-state index is 13.6. The van der Waals surface area contributed by atoms with Gasteiger partial charge in [0, 0.05) is 19.0 Å². The van der Waals surface area contributed by atoms with Crippen LogP contribution in [0.4, 0.5) is 4.39 Å². The molecule has 0 spiro atoms. The van der Waals surface area contributed by atoms with Crippen molar-refractivity contribution in [2.75, 3.05) is 13.1 Å². The predicted octanol–water partition coefficient (Wildman–Crippen LogP) is 1.71. The summed E-state index contributed by atoms with van der Waals surface area (Å²) in [5.41, 5.74) is 5.28. The smallest absolute Gasteiger partial charge is 0.263 e. The number of hydrogen-bond acceptors (Lipinski definition) is 3. The Balaban J connectivity index is 1.98. The summed E-state index contributed by atoms with van der Waals surface area (Å²) in [6.07, 6.45) is 0.860. The molecule has 0 aliphatic carbocycles. The van der Waals surface area contributed by atoms with Gasteiger partial charge >= 0.3 is 0 Å². The number of benzene rings is 1. The first-order valence-corrected chi connectivity index (χ1v) is 7.52. The van der Waals surface area contributed by atoms with Crippen LogP contribution in [0.1, 0.15) is 26.2 Å². The number of likely N-dealkylation sites (tertiary alicyclic amines) is 1. The Labute approximate surface area is 129 Å². The molecule has 0 bridgehead atoms. The lowest BCUT2D eigenvalue weighted by Crippen LogP contribution is -2.47. The number of halogens is 1. The molecule has 2 rings (SSSR count). The SMILES string of the molecule is CC[C@H](Oc1ccccc1F)C(=O)N1CCC(C(N)=O)CC1. The molecule has 1 saturated heterocycles. The van der Waals surface area contributed by atoms with Crippen LogP contribution < -0.4 is 10.5 Å². The van der Waals surface area contributed by atoms with Crippen molar-refractivity contribution in [1.82, 2.24) is 4.90 Å². The minimum atomic E-state index is -0.720. The zero-order chi connectivity index (χ0) is 16.1. The van der Waals surface area contributed by atoms with Crippen molar-refractivity contribution in [2.24, 2.45) is 11.7 Å². The fraction of sp³-hybridized carbons (Fsp3) is 0.500. The Kier molecular flexibility index (Phi) is 5.35. The van der Waals surface area contributed by atoms with Gasteiger partial charge in [0.1, 0.15) is 0 Å². The first-order chi connectivity index (χ1) is 10.5. The molecular formula is C16H21FN2O3. The molecule has 1 aromatic carbocycles. The van der Waals surface area contributed by atoms with E-state index in [9.17, 15) is 14.0 Å². The molecule has 0 radical (unpaired) electrons. The van der Waals surface area contributed by atoms with Crippen LogP contribution in [0.25, 0.3) is 0 Å². The van der Waals surface area contributed by atoms with Gasteiger partial charge in [0.2, 0.25) is 5.91 Å². The minimum Gasteiger partial charge on any atom is -0.478 e. The molecule has 0 aromatic heterocycles. The number of para-hydroxylation sites is 1. The summed E-state index contributed by atoms with van der Waals surface area (Å²) in [6.45, 7) is 2.77. The van der Waals surface area contributed by atoms with Crippen molar-refractivity contribution >= 4 is 11.8 Å². The number of carbonyl (C=O) groups excluding carboxylic acids is 2. The molecule has 0 unspecified atom stereocenters. The van der Waals surface area contributed by atoms with Crippen LogP contribution in [0.5, 0.6) is 5.75 Å². The van der Waals surface area contributed by atoms with E-state index in [2.05, 4.69) is 0 Å². The molecule has 2 amide bonds. The second kappa shape index (κ2) is 7.24. The Morgan fingerprint density at radius 1 is 1.36 bits per heavy atom. The van der Waals surface area contributed by atoms with Crippen molar-refractivity contribution in [1.29, 1.82) is 0 Å². The van der Waals surface area contributed by atoms with Crippen LogP contribution in [-0.2, 0) is 9.59 Å². The van der Waals surface area contributed by atoms with Crippen molar-refractivity contribution in [3.63, 3.8) is 0 Å². The summed E-state index contributed by atoms with van der Waals surface area (Å²) in [7, 11) is 0. The average molecular weight is 308 g/mol. The highest BCUT2D eigenvalue weighted by Crippen LogP contribution is 2.21. The summed E-state index contributed by atoms with van der Waals surface area (Å²) in [5, 5.41) is 0. The lowest BCUT2D eigenvalue weighted by atomic mass is 9.96. The lowest BCUT2D eigenvalue weighted by Gasteiger charge is -2.33. The first kappa shape index (κ1) is 16.3. The number of amides is 2. The number of piperidine rings is 1. The minimum absolute atomic E-state index is 0.0784. The number of nitrogens with zero attached hydrogens (tertiary/aromatic N) is 1. The third kappa shape index (κ3) is 3.75. The molecule has 1 atom stereocenters. The lowest BCUT2D eigenvalue weighted by molar-refractivity contribution is -0.141. The van der Waals surface area contributed by atoms with E-state index in [0.717, 1.165) is 0 Å². The van der Waals surface area contributed by atoms with E-state index in [1.165, 1.54) is 12.1 Å². The van der Waals surface area contributed by atoms with Gasteiger partial charge in [-0.2, -0.15) is 0 Å². The van der Waals surface area contributed by atoms with E-state index in [0.29, 0.717) is 32.4 Å². The van der Waals surface area contributed by atoms with Gasteiger partial charge in [-0.25, -0.2) is 4.39 Å². The van der Waals surface area contributed by atoms with Crippen LogP contribution in [0, 0.1) is 11.7 Å². The largest absolute Gasteiger partial charge is 0.478 e. The second-order valence-corrected chi connectivity index (χ2v) is 5.45. The Morgan fingerprint density at radius 3 is 2.55 bits per heavy atom. The topological polar surface area (TPSA) is 72.6 Å². The van der Waals surface area contributed by atoms with Gasteiger partial charge in [0.25, 0.3) is 5.91 Å². The maximum atomic E-state index is 13.6. The highest BCUT2D eigenvalue weighted by molar-refractivity contribution is 5.82. The highest BCUT2D eigenvalue weighted by atomic mass is 19.1. The molecule has 1 fully saturated rings.